The summed E-state index contributed by atoms with van der Waals surface area (Å²) in [5, 5.41) is 33.0. The first-order valence-corrected chi connectivity index (χ1v) is 8.98. The Kier molecular flexibility index (Phi) is 7.47. The highest BCUT2D eigenvalue weighted by atomic mass is 35.5. The van der Waals surface area contributed by atoms with E-state index in [9.17, 15) is 20.1 Å². The maximum absolute atomic E-state index is 11.8. The third-order valence-corrected chi connectivity index (χ3v) is 4.46. The molecule has 6 nitrogen and oxygen atoms in total. The zero-order valence-corrected chi connectivity index (χ0v) is 16.0. The molecule has 0 radical (unpaired) electrons. The van der Waals surface area contributed by atoms with Crippen molar-refractivity contribution >= 4 is 23.3 Å². The van der Waals surface area contributed by atoms with Gasteiger partial charge >= 0.3 is 5.97 Å². The van der Waals surface area contributed by atoms with Gasteiger partial charge in [0.2, 0.25) is 0 Å². The van der Waals surface area contributed by atoms with E-state index in [1.165, 1.54) is 7.11 Å². The van der Waals surface area contributed by atoms with E-state index < -0.39 is 24.2 Å². The van der Waals surface area contributed by atoms with Crippen molar-refractivity contribution in [2.45, 2.75) is 38.0 Å². The first-order chi connectivity index (χ1) is 12.8. The van der Waals surface area contributed by atoms with Gasteiger partial charge in [-0.2, -0.15) is 0 Å². The van der Waals surface area contributed by atoms with E-state index in [0.717, 1.165) is 0 Å². The zero-order chi connectivity index (χ0) is 20.0. The minimum absolute atomic E-state index is 0.326. The van der Waals surface area contributed by atoms with Gasteiger partial charge in [0.15, 0.2) is 6.04 Å². The quantitative estimate of drug-likeness (QED) is 0.517. The van der Waals surface area contributed by atoms with Crippen LogP contribution in [0.3, 0.4) is 0 Å². The Balaban J connectivity index is 2.30. The van der Waals surface area contributed by atoms with Crippen LogP contribution in [0.4, 0.5) is 5.69 Å². The summed E-state index contributed by atoms with van der Waals surface area (Å²) in [6, 6.07) is 10.6. The first-order valence-electron chi connectivity index (χ1n) is 8.60. The van der Waals surface area contributed by atoms with Crippen LogP contribution in [-0.2, 0) is 4.79 Å². The average Bonchev–Trinajstić information content (AvgIpc) is 2.64. The minimum atomic E-state index is -1.06. The molecule has 27 heavy (non-hydrogen) atoms. The van der Waals surface area contributed by atoms with Crippen LogP contribution in [0.2, 0.25) is 5.02 Å². The highest BCUT2D eigenvalue weighted by Gasteiger charge is 2.23. The molecule has 7 heteroatoms. The second-order valence-corrected chi connectivity index (χ2v) is 6.80. The Hall–Kier alpha value is -2.28. The monoisotopic (exact) mass is 393 g/mol. The predicted octanol–water partition coefficient (Wildman–Crippen LogP) is 3.78. The number of aliphatic hydroxyl groups is 2. The molecule has 0 aliphatic heterocycles. The lowest BCUT2D eigenvalue weighted by Gasteiger charge is -2.22. The molecular formula is C20H24ClNO5. The highest BCUT2D eigenvalue weighted by Crippen LogP contribution is 2.32. The Labute approximate surface area is 163 Å². The molecule has 2 rings (SSSR count). The number of aliphatic carboxylic acids is 1. The molecule has 3 atom stereocenters. The van der Waals surface area contributed by atoms with Gasteiger partial charge in [-0.25, -0.2) is 4.79 Å². The van der Waals surface area contributed by atoms with Crippen molar-refractivity contribution in [2.24, 2.45) is 0 Å². The maximum Gasteiger partial charge on any atom is 0.330 e. The van der Waals surface area contributed by atoms with Crippen molar-refractivity contribution < 1.29 is 24.9 Å². The minimum Gasteiger partial charge on any atom is -0.497 e. The molecule has 0 spiro atoms. The number of aliphatic hydroxyl groups excluding tert-OH is 2. The molecule has 146 valence electrons. The Morgan fingerprint density at radius 3 is 2.37 bits per heavy atom. The number of carboxylic acid groups (broad SMARTS) is 1. The standard InChI is InChI=1S/C20H24ClNO5/c1-12(23)3-10-18(24)16-11-14(21)6-9-17(16)22-19(20(25)26)13-4-7-15(27-2)8-5-13/h4-9,11-12,18-19,22-24H,3,10H2,1-2H3,(H,25,26). The molecule has 0 aliphatic rings. The molecule has 0 saturated carbocycles. The summed E-state index contributed by atoms with van der Waals surface area (Å²) in [4.78, 5) is 11.8. The average molecular weight is 394 g/mol. The van der Waals surface area contributed by atoms with Crippen LogP contribution in [0.25, 0.3) is 0 Å². The van der Waals surface area contributed by atoms with Gasteiger partial charge in [-0.15, -0.1) is 0 Å². The predicted molar refractivity (Wildman–Crippen MR) is 104 cm³/mol. The maximum atomic E-state index is 11.8. The summed E-state index contributed by atoms with van der Waals surface area (Å²) in [5.41, 5.74) is 1.51. The van der Waals surface area contributed by atoms with Gasteiger partial charge in [0.1, 0.15) is 5.75 Å². The van der Waals surface area contributed by atoms with Crippen LogP contribution in [-0.4, -0.2) is 34.5 Å². The van der Waals surface area contributed by atoms with Crippen molar-refractivity contribution in [2.75, 3.05) is 12.4 Å². The second kappa shape index (κ2) is 9.60. The zero-order valence-electron chi connectivity index (χ0n) is 15.2. The van der Waals surface area contributed by atoms with Gasteiger partial charge in [-0.1, -0.05) is 23.7 Å². The van der Waals surface area contributed by atoms with E-state index in [2.05, 4.69) is 5.32 Å². The summed E-state index contributed by atoms with van der Waals surface area (Å²) in [6.07, 6.45) is -0.687. The van der Waals surface area contributed by atoms with Gasteiger partial charge in [-0.05, 0) is 55.7 Å². The van der Waals surface area contributed by atoms with Crippen LogP contribution < -0.4 is 10.1 Å². The topological polar surface area (TPSA) is 99.0 Å². The summed E-state index contributed by atoms with van der Waals surface area (Å²) in [7, 11) is 1.54. The van der Waals surface area contributed by atoms with Crippen molar-refractivity contribution in [3.8, 4) is 5.75 Å². The van der Waals surface area contributed by atoms with E-state index in [4.69, 9.17) is 16.3 Å². The third-order valence-electron chi connectivity index (χ3n) is 4.23. The number of carboxylic acids is 1. The van der Waals surface area contributed by atoms with Crippen molar-refractivity contribution in [1.29, 1.82) is 0 Å². The van der Waals surface area contributed by atoms with Crippen LogP contribution in [0.15, 0.2) is 42.5 Å². The van der Waals surface area contributed by atoms with Gasteiger partial charge in [0, 0.05) is 16.3 Å². The smallest absolute Gasteiger partial charge is 0.330 e. The largest absolute Gasteiger partial charge is 0.497 e. The SMILES string of the molecule is COc1ccc(C(Nc2ccc(Cl)cc2C(O)CCC(C)O)C(=O)O)cc1. The van der Waals surface area contributed by atoms with Crippen molar-refractivity contribution in [3.05, 3.63) is 58.6 Å². The molecule has 0 saturated heterocycles. The Morgan fingerprint density at radius 1 is 1.15 bits per heavy atom. The lowest BCUT2D eigenvalue weighted by Crippen LogP contribution is -2.21. The second-order valence-electron chi connectivity index (χ2n) is 6.36. The van der Waals surface area contributed by atoms with Crippen LogP contribution in [0, 0.1) is 0 Å². The fourth-order valence-electron chi connectivity index (χ4n) is 2.73. The summed E-state index contributed by atoms with van der Waals surface area (Å²) < 4.78 is 5.10. The first kappa shape index (κ1) is 21.0. The lowest BCUT2D eigenvalue weighted by atomic mass is 10.00. The number of hydrogen-bond acceptors (Lipinski definition) is 5. The molecular weight excluding hydrogens is 370 g/mol. The van der Waals surface area contributed by atoms with Gasteiger partial charge < -0.3 is 25.4 Å². The molecule has 0 fully saturated rings. The number of methoxy groups -OCH3 is 1. The molecule has 0 bridgehead atoms. The number of benzene rings is 2. The molecule has 0 aliphatic carbocycles. The highest BCUT2D eigenvalue weighted by molar-refractivity contribution is 6.30. The van der Waals surface area contributed by atoms with Crippen LogP contribution in [0.1, 0.15) is 43.0 Å². The van der Waals surface area contributed by atoms with Crippen LogP contribution in [0.5, 0.6) is 5.75 Å². The van der Waals surface area contributed by atoms with Gasteiger partial charge in [0.25, 0.3) is 0 Å². The van der Waals surface area contributed by atoms with Gasteiger partial charge in [0.05, 0.1) is 19.3 Å². The molecule has 4 N–H and O–H groups in total. The van der Waals surface area contributed by atoms with Crippen molar-refractivity contribution in [1.82, 2.24) is 0 Å². The molecule has 2 aromatic carbocycles. The molecule has 0 amide bonds. The van der Waals surface area contributed by atoms with Gasteiger partial charge in [-0.3, -0.25) is 0 Å². The van der Waals surface area contributed by atoms with E-state index in [0.29, 0.717) is 40.4 Å². The molecule has 3 unspecified atom stereocenters. The molecule has 2 aromatic rings. The number of halogens is 1. The fraction of sp³-hybridized carbons (Fsp3) is 0.350. The third kappa shape index (κ3) is 5.85. The summed E-state index contributed by atoms with van der Waals surface area (Å²) in [5.74, 6) is -0.428. The summed E-state index contributed by atoms with van der Waals surface area (Å²) in [6.45, 7) is 1.65. The van der Waals surface area contributed by atoms with E-state index in [1.807, 2.05) is 0 Å². The Morgan fingerprint density at radius 2 is 1.81 bits per heavy atom. The molecule has 0 aromatic heterocycles. The number of ether oxygens (including phenoxy) is 1. The summed E-state index contributed by atoms with van der Waals surface area (Å²) >= 11 is 6.05. The number of hydrogen-bond donors (Lipinski definition) is 4. The van der Waals surface area contributed by atoms with E-state index in [1.54, 1.807) is 49.4 Å². The number of rotatable bonds is 9. The normalized spacial score (nSPS) is 14.3. The molecule has 0 heterocycles. The fourth-order valence-corrected chi connectivity index (χ4v) is 2.92. The van der Waals surface area contributed by atoms with E-state index >= 15 is 0 Å². The number of anilines is 1. The number of carbonyl (C=O) groups is 1. The van der Waals surface area contributed by atoms with Crippen molar-refractivity contribution in [3.63, 3.8) is 0 Å². The van der Waals surface area contributed by atoms with Crippen LogP contribution >= 0.6 is 11.6 Å². The number of nitrogens with one attached hydrogen (secondary N) is 1. The van der Waals surface area contributed by atoms with E-state index in [-0.39, 0.29) is 0 Å². The Bertz CT molecular complexity index is 763. The lowest BCUT2D eigenvalue weighted by molar-refractivity contribution is -0.138.